The summed E-state index contributed by atoms with van der Waals surface area (Å²) in [5.74, 6) is 0. The summed E-state index contributed by atoms with van der Waals surface area (Å²) in [6.45, 7) is 3.74. The van der Waals surface area contributed by atoms with Crippen LogP contribution in [0.5, 0.6) is 0 Å². The molecule has 2 aromatic rings. The second kappa shape index (κ2) is 5.30. The topological polar surface area (TPSA) is 59.1 Å². The largest absolute Gasteiger partial charge is 0.278 e. The molecule has 6 heteroatoms. The molecule has 4 nitrogen and oxygen atoms in total. The molecule has 0 radical (unpaired) electrons. The first-order valence-electron chi connectivity index (χ1n) is 5.60. The van der Waals surface area contributed by atoms with Crippen LogP contribution in [0.4, 0.5) is 5.69 Å². The fourth-order valence-electron chi connectivity index (χ4n) is 1.56. The molecular formula is C13H13BrN2O2S. The number of nitrogens with one attached hydrogen (secondary N) is 1. The van der Waals surface area contributed by atoms with Crippen LogP contribution in [-0.4, -0.2) is 13.4 Å². The van der Waals surface area contributed by atoms with Crippen LogP contribution < -0.4 is 4.72 Å². The monoisotopic (exact) mass is 340 g/mol. The lowest BCUT2D eigenvalue weighted by Crippen LogP contribution is -2.13. The van der Waals surface area contributed by atoms with E-state index in [1.54, 1.807) is 30.3 Å². The van der Waals surface area contributed by atoms with E-state index in [4.69, 9.17) is 0 Å². The molecule has 0 fully saturated rings. The Morgan fingerprint density at radius 1 is 1.16 bits per heavy atom. The molecule has 1 N–H and O–H groups in total. The molecule has 0 unspecified atom stereocenters. The zero-order chi connectivity index (χ0) is 14.0. The second-order valence-corrected chi connectivity index (χ2v) is 6.73. The Morgan fingerprint density at radius 3 is 2.47 bits per heavy atom. The summed E-state index contributed by atoms with van der Waals surface area (Å²) in [5, 5.41) is 0. The number of halogens is 1. The lowest BCUT2D eigenvalue weighted by Gasteiger charge is -2.10. The molecule has 0 spiro atoms. The van der Waals surface area contributed by atoms with Crippen LogP contribution in [0.25, 0.3) is 0 Å². The van der Waals surface area contributed by atoms with Crippen molar-refractivity contribution in [2.45, 2.75) is 18.7 Å². The highest BCUT2D eigenvalue weighted by Crippen LogP contribution is 2.25. The van der Waals surface area contributed by atoms with Crippen LogP contribution in [0.3, 0.4) is 0 Å². The van der Waals surface area contributed by atoms with Gasteiger partial charge in [0.15, 0.2) is 0 Å². The van der Waals surface area contributed by atoms with E-state index in [1.165, 1.54) is 6.20 Å². The van der Waals surface area contributed by atoms with E-state index in [-0.39, 0.29) is 4.90 Å². The van der Waals surface area contributed by atoms with Crippen LogP contribution in [-0.2, 0) is 10.0 Å². The summed E-state index contributed by atoms with van der Waals surface area (Å²) in [5.41, 5.74) is 2.26. The number of nitrogens with zero attached hydrogens (tertiary/aromatic N) is 1. The minimum atomic E-state index is -3.61. The third-order valence-corrected chi connectivity index (χ3v) is 4.90. The normalized spacial score (nSPS) is 11.3. The lowest BCUT2D eigenvalue weighted by molar-refractivity contribution is 0.600. The molecule has 0 aliphatic rings. The van der Waals surface area contributed by atoms with Gasteiger partial charge in [-0.2, -0.15) is 0 Å². The van der Waals surface area contributed by atoms with Gasteiger partial charge < -0.3 is 0 Å². The molecule has 0 aliphatic heterocycles. The van der Waals surface area contributed by atoms with Crippen LogP contribution in [0.15, 0.2) is 45.9 Å². The van der Waals surface area contributed by atoms with Crippen molar-refractivity contribution in [3.63, 3.8) is 0 Å². The van der Waals surface area contributed by atoms with Crippen LogP contribution in [0.2, 0.25) is 0 Å². The Kier molecular flexibility index (Phi) is 3.91. The Hall–Kier alpha value is -1.40. The molecule has 0 atom stereocenters. The van der Waals surface area contributed by atoms with Gasteiger partial charge in [-0.15, -0.1) is 0 Å². The highest BCUT2D eigenvalue weighted by Gasteiger charge is 2.17. The van der Waals surface area contributed by atoms with Gasteiger partial charge in [-0.05, 0) is 59.6 Å². The van der Waals surface area contributed by atoms with Crippen molar-refractivity contribution < 1.29 is 8.42 Å². The maximum atomic E-state index is 12.2. The summed E-state index contributed by atoms with van der Waals surface area (Å²) in [6, 6.07) is 8.53. The van der Waals surface area contributed by atoms with E-state index in [1.807, 2.05) is 13.8 Å². The number of hydrogen-bond donors (Lipinski definition) is 1. The first-order valence-corrected chi connectivity index (χ1v) is 7.88. The van der Waals surface area contributed by atoms with E-state index in [0.29, 0.717) is 10.2 Å². The Bertz CT molecular complexity index is 697. The molecule has 1 heterocycles. The number of rotatable bonds is 3. The van der Waals surface area contributed by atoms with Gasteiger partial charge in [0.2, 0.25) is 0 Å². The van der Waals surface area contributed by atoms with Crippen LogP contribution in [0, 0.1) is 13.8 Å². The fourth-order valence-corrected chi connectivity index (χ4v) is 3.80. The molecule has 0 saturated carbocycles. The molecule has 1 aromatic carbocycles. The molecule has 0 saturated heterocycles. The van der Waals surface area contributed by atoms with Gasteiger partial charge in [-0.3, -0.25) is 9.71 Å². The maximum Gasteiger partial charge on any atom is 0.263 e. The summed E-state index contributed by atoms with van der Waals surface area (Å²) < 4.78 is 27.5. The lowest BCUT2D eigenvalue weighted by atomic mass is 10.2. The Labute approximate surface area is 121 Å². The van der Waals surface area contributed by atoms with Crippen molar-refractivity contribution in [1.29, 1.82) is 0 Å². The van der Waals surface area contributed by atoms with Crippen LogP contribution >= 0.6 is 15.9 Å². The smallest absolute Gasteiger partial charge is 0.263 e. The first-order chi connectivity index (χ1) is 8.88. The maximum absolute atomic E-state index is 12.2. The van der Waals surface area contributed by atoms with Crippen molar-refractivity contribution in [2.75, 3.05) is 4.72 Å². The average Bonchev–Trinajstić information content (AvgIpc) is 2.31. The number of anilines is 1. The fraction of sp³-hybridized carbons (Fsp3) is 0.154. The SMILES string of the molecule is Cc1ccc(S(=O)(=O)Nc2ccc(C)nc2)c(Br)c1. The van der Waals surface area contributed by atoms with Crippen molar-refractivity contribution >= 4 is 31.6 Å². The van der Waals surface area contributed by atoms with Crippen molar-refractivity contribution in [3.05, 3.63) is 52.3 Å². The van der Waals surface area contributed by atoms with E-state index in [0.717, 1.165) is 11.3 Å². The highest BCUT2D eigenvalue weighted by molar-refractivity contribution is 9.10. The summed E-state index contributed by atoms with van der Waals surface area (Å²) in [6.07, 6.45) is 1.50. The number of pyridine rings is 1. The van der Waals surface area contributed by atoms with Gasteiger partial charge in [-0.1, -0.05) is 6.07 Å². The number of aryl methyl sites for hydroxylation is 2. The third-order valence-electron chi connectivity index (χ3n) is 2.54. The summed E-state index contributed by atoms with van der Waals surface area (Å²) >= 11 is 3.27. The average molecular weight is 341 g/mol. The number of sulfonamides is 1. The zero-order valence-corrected chi connectivity index (χ0v) is 12.9. The zero-order valence-electron chi connectivity index (χ0n) is 10.5. The van der Waals surface area contributed by atoms with E-state index in [2.05, 4.69) is 25.6 Å². The Balaban J connectivity index is 2.35. The molecule has 2 rings (SSSR count). The van der Waals surface area contributed by atoms with Crippen LogP contribution in [0.1, 0.15) is 11.3 Å². The summed E-state index contributed by atoms with van der Waals surface area (Å²) in [4.78, 5) is 4.26. The molecular weight excluding hydrogens is 328 g/mol. The highest BCUT2D eigenvalue weighted by atomic mass is 79.9. The van der Waals surface area contributed by atoms with Gasteiger partial charge in [0.05, 0.1) is 11.9 Å². The Morgan fingerprint density at radius 2 is 1.89 bits per heavy atom. The van der Waals surface area contributed by atoms with Crippen molar-refractivity contribution in [2.24, 2.45) is 0 Å². The number of hydrogen-bond acceptors (Lipinski definition) is 3. The van der Waals surface area contributed by atoms with E-state index in [9.17, 15) is 8.42 Å². The van der Waals surface area contributed by atoms with Gasteiger partial charge in [0.1, 0.15) is 4.90 Å². The molecule has 1 aromatic heterocycles. The summed E-state index contributed by atoms with van der Waals surface area (Å²) in [7, 11) is -3.61. The van der Waals surface area contributed by atoms with Gasteiger partial charge >= 0.3 is 0 Å². The number of benzene rings is 1. The van der Waals surface area contributed by atoms with E-state index >= 15 is 0 Å². The third kappa shape index (κ3) is 3.33. The minimum absolute atomic E-state index is 0.207. The predicted molar refractivity (Wildman–Crippen MR) is 78.7 cm³/mol. The van der Waals surface area contributed by atoms with Gasteiger partial charge in [0, 0.05) is 10.2 Å². The van der Waals surface area contributed by atoms with Gasteiger partial charge in [-0.25, -0.2) is 8.42 Å². The molecule has 19 heavy (non-hydrogen) atoms. The first kappa shape index (κ1) is 14.0. The second-order valence-electron chi connectivity index (χ2n) is 4.23. The molecule has 0 aliphatic carbocycles. The number of aromatic nitrogens is 1. The standard InChI is InChI=1S/C13H13BrN2O2S/c1-9-3-6-13(12(14)7-9)19(17,18)16-11-5-4-10(2)15-8-11/h3-8,16H,1-2H3. The predicted octanol–water partition coefficient (Wildman–Crippen LogP) is 3.26. The van der Waals surface area contributed by atoms with Gasteiger partial charge in [0.25, 0.3) is 10.0 Å². The van der Waals surface area contributed by atoms with E-state index < -0.39 is 10.0 Å². The molecule has 100 valence electrons. The quantitative estimate of drug-likeness (QED) is 0.932. The molecule has 0 amide bonds. The molecule has 0 bridgehead atoms. The van der Waals surface area contributed by atoms with Crippen molar-refractivity contribution in [1.82, 2.24) is 4.98 Å². The minimum Gasteiger partial charge on any atom is -0.278 e. The van der Waals surface area contributed by atoms with Crippen molar-refractivity contribution in [3.8, 4) is 0 Å².